The fourth-order valence-corrected chi connectivity index (χ4v) is 0.766. The first-order valence-corrected chi connectivity index (χ1v) is 3.10. The van der Waals surface area contributed by atoms with Crippen LogP contribution in [0.2, 0.25) is 0 Å². The van der Waals surface area contributed by atoms with Crippen LogP contribution in [0.15, 0.2) is 12.4 Å². The maximum absolute atomic E-state index is 4.95. The van der Waals surface area contributed by atoms with E-state index < -0.39 is 0 Å². The molecule has 1 rings (SSSR count). The van der Waals surface area contributed by atoms with Crippen molar-refractivity contribution in [3.05, 3.63) is 12.4 Å². The molecule has 1 aliphatic heterocycles. The predicted molar refractivity (Wildman–Crippen MR) is 35.2 cm³/mol. The van der Waals surface area contributed by atoms with E-state index in [1.807, 2.05) is 12.4 Å². The highest BCUT2D eigenvalue weighted by atomic mass is 16.7. The maximum atomic E-state index is 4.95. The van der Waals surface area contributed by atoms with Crippen molar-refractivity contribution in [3.8, 4) is 0 Å². The topological polar surface area (TPSA) is 15.7 Å². The van der Waals surface area contributed by atoms with Crippen LogP contribution in [0.25, 0.3) is 0 Å². The zero-order valence-electron chi connectivity index (χ0n) is 5.87. The van der Waals surface area contributed by atoms with Crippen molar-refractivity contribution in [1.82, 2.24) is 9.96 Å². The monoisotopic (exact) mass is 128 g/mol. The minimum Gasteiger partial charge on any atom is -0.357 e. The molecular weight excluding hydrogens is 116 g/mol. The van der Waals surface area contributed by atoms with Crippen LogP contribution < -0.4 is 0 Å². The summed E-state index contributed by atoms with van der Waals surface area (Å²) >= 11 is 0. The first kappa shape index (κ1) is 6.42. The Morgan fingerprint density at radius 1 is 1.56 bits per heavy atom. The maximum Gasteiger partial charge on any atom is 0.115 e. The van der Waals surface area contributed by atoms with Crippen molar-refractivity contribution in [2.24, 2.45) is 0 Å². The van der Waals surface area contributed by atoms with Crippen LogP contribution in [0, 0.1) is 0 Å². The molecule has 3 nitrogen and oxygen atoms in total. The van der Waals surface area contributed by atoms with Crippen molar-refractivity contribution in [2.75, 3.05) is 20.3 Å². The normalized spacial score (nSPS) is 17.6. The van der Waals surface area contributed by atoms with Gasteiger partial charge in [0.05, 0.1) is 7.11 Å². The summed E-state index contributed by atoms with van der Waals surface area (Å²) in [6, 6.07) is 0. The van der Waals surface area contributed by atoms with E-state index in [4.69, 9.17) is 4.84 Å². The SMILES string of the molecule is CCN1C=CN(OC)C1. The average molecular weight is 128 g/mol. The lowest BCUT2D eigenvalue weighted by atomic mass is 10.6. The molecule has 0 saturated heterocycles. The van der Waals surface area contributed by atoms with Gasteiger partial charge in [-0.15, -0.1) is 0 Å². The zero-order chi connectivity index (χ0) is 6.69. The smallest absolute Gasteiger partial charge is 0.115 e. The van der Waals surface area contributed by atoms with Crippen molar-refractivity contribution < 1.29 is 4.84 Å². The number of hydrogen-bond acceptors (Lipinski definition) is 3. The largest absolute Gasteiger partial charge is 0.357 e. The van der Waals surface area contributed by atoms with Gasteiger partial charge >= 0.3 is 0 Å². The Bertz CT molecular complexity index is 102. The van der Waals surface area contributed by atoms with Gasteiger partial charge in [0, 0.05) is 18.9 Å². The molecule has 0 N–H and O–H groups in total. The highest BCUT2D eigenvalue weighted by molar-refractivity contribution is 4.85. The quantitative estimate of drug-likeness (QED) is 0.542. The molecule has 52 valence electrons. The predicted octanol–water partition coefficient (Wildman–Crippen LogP) is 0.614. The van der Waals surface area contributed by atoms with Gasteiger partial charge in [-0.3, -0.25) is 4.84 Å². The molecule has 0 atom stereocenters. The highest BCUT2D eigenvalue weighted by Crippen LogP contribution is 2.03. The van der Waals surface area contributed by atoms with Gasteiger partial charge in [0.25, 0.3) is 0 Å². The van der Waals surface area contributed by atoms with Crippen LogP contribution in [0.3, 0.4) is 0 Å². The molecule has 0 spiro atoms. The second kappa shape index (κ2) is 2.73. The summed E-state index contributed by atoms with van der Waals surface area (Å²) in [7, 11) is 1.67. The molecule has 0 fully saturated rings. The molecule has 0 aromatic heterocycles. The molecule has 0 saturated carbocycles. The van der Waals surface area contributed by atoms with Crippen LogP contribution in [-0.4, -0.2) is 30.3 Å². The average Bonchev–Trinajstić information content (AvgIpc) is 2.34. The Balaban J connectivity index is 2.31. The fourth-order valence-electron chi connectivity index (χ4n) is 0.766. The van der Waals surface area contributed by atoms with Crippen LogP contribution >= 0.6 is 0 Å². The van der Waals surface area contributed by atoms with Crippen LogP contribution in [0.4, 0.5) is 0 Å². The third-order valence-corrected chi connectivity index (χ3v) is 1.41. The summed E-state index contributed by atoms with van der Waals surface area (Å²) in [6.07, 6.45) is 3.94. The van der Waals surface area contributed by atoms with Gasteiger partial charge < -0.3 is 4.90 Å². The molecule has 0 bridgehead atoms. The summed E-state index contributed by atoms with van der Waals surface area (Å²) in [5.74, 6) is 0. The number of nitrogens with zero attached hydrogens (tertiary/aromatic N) is 2. The van der Waals surface area contributed by atoms with E-state index in [-0.39, 0.29) is 0 Å². The van der Waals surface area contributed by atoms with Crippen LogP contribution in [0.1, 0.15) is 6.92 Å². The first-order valence-electron chi connectivity index (χ1n) is 3.10. The first-order chi connectivity index (χ1) is 4.36. The van der Waals surface area contributed by atoms with E-state index in [2.05, 4.69) is 11.8 Å². The van der Waals surface area contributed by atoms with Gasteiger partial charge in [0.2, 0.25) is 0 Å². The number of rotatable bonds is 2. The molecule has 0 aliphatic carbocycles. The lowest BCUT2D eigenvalue weighted by Gasteiger charge is -2.16. The van der Waals surface area contributed by atoms with E-state index in [9.17, 15) is 0 Å². The van der Waals surface area contributed by atoms with Crippen molar-refractivity contribution >= 4 is 0 Å². The Kier molecular flexibility index (Phi) is 1.95. The third-order valence-electron chi connectivity index (χ3n) is 1.41. The Morgan fingerprint density at radius 3 is 2.67 bits per heavy atom. The van der Waals surface area contributed by atoms with Gasteiger partial charge in [0.15, 0.2) is 0 Å². The fraction of sp³-hybridized carbons (Fsp3) is 0.667. The molecule has 1 aliphatic rings. The molecule has 0 amide bonds. The molecule has 3 heteroatoms. The van der Waals surface area contributed by atoms with Crippen LogP contribution in [-0.2, 0) is 4.84 Å². The van der Waals surface area contributed by atoms with E-state index in [1.54, 1.807) is 12.2 Å². The minimum absolute atomic E-state index is 0.854. The summed E-state index contributed by atoms with van der Waals surface area (Å²) in [5, 5.41) is 1.78. The molecule has 9 heavy (non-hydrogen) atoms. The summed E-state index contributed by atoms with van der Waals surface area (Å²) in [4.78, 5) is 7.10. The second-order valence-electron chi connectivity index (χ2n) is 1.94. The highest BCUT2D eigenvalue weighted by Gasteiger charge is 2.07. The number of hydroxylamine groups is 2. The Labute approximate surface area is 55.5 Å². The standard InChI is InChI=1S/C6H12N2O/c1-3-7-4-5-8(6-7)9-2/h4-5H,3,6H2,1-2H3. The minimum atomic E-state index is 0.854. The molecule has 0 radical (unpaired) electrons. The molecule has 0 unspecified atom stereocenters. The van der Waals surface area contributed by atoms with Gasteiger partial charge in [-0.2, -0.15) is 0 Å². The Morgan fingerprint density at radius 2 is 2.33 bits per heavy atom. The lowest BCUT2D eigenvalue weighted by Crippen LogP contribution is -2.23. The number of hydrogen-bond donors (Lipinski definition) is 0. The van der Waals surface area contributed by atoms with Crippen molar-refractivity contribution in [3.63, 3.8) is 0 Å². The van der Waals surface area contributed by atoms with Gasteiger partial charge in [0.1, 0.15) is 6.67 Å². The van der Waals surface area contributed by atoms with Gasteiger partial charge in [-0.1, -0.05) is 0 Å². The van der Waals surface area contributed by atoms with E-state index in [1.165, 1.54) is 0 Å². The van der Waals surface area contributed by atoms with E-state index >= 15 is 0 Å². The molecule has 0 aromatic carbocycles. The van der Waals surface area contributed by atoms with Gasteiger partial charge in [-0.05, 0) is 6.92 Å². The van der Waals surface area contributed by atoms with Gasteiger partial charge in [-0.25, -0.2) is 5.06 Å². The second-order valence-corrected chi connectivity index (χ2v) is 1.94. The summed E-state index contributed by atoms with van der Waals surface area (Å²) < 4.78 is 0. The Hall–Kier alpha value is -0.700. The zero-order valence-corrected chi connectivity index (χ0v) is 5.87. The van der Waals surface area contributed by atoms with Crippen LogP contribution in [0.5, 0.6) is 0 Å². The third kappa shape index (κ3) is 1.36. The van der Waals surface area contributed by atoms with E-state index in [0.717, 1.165) is 13.2 Å². The summed E-state index contributed by atoms with van der Waals surface area (Å²) in [5.41, 5.74) is 0. The molecular formula is C6H12N2O. The molecule has 0 aromatic rings. The van der Waals surface area contributed by atoms with E-state index in [0.29, 0.717) is 0 Å². The molecule has 1 heterocycles. The van der Waals surface area contributed by atoms with Crippen molar-refractivity contribution in [1.29, 1.82) is 0 Å². The summed E-state index contributed by atoms with van der Waals surface area (Å²) in [6.45, 7) is 4.01. The van der Waals surface area contributed by atoms with Crippen molar-refractivity contribution in [2.45, 2.75) is 6.92 Å². The lowest BCUT2D eigenvalue weighted by molar-refractivity contribution is -0.0973.